The third-order valence-electron chi connectivity index (χ3n) is 4.06. The second-order valence-corrected chi connectivity index (χ2v) is 5.65. The van der Waals surface area contributed by atoms with Crippen molar-refractivity contribution >= 4 is 11.8 Å². The third kappa shape index (κ3) is 2.34. The molecule has 2 aliphatic rings. The summed E-state index contributed by atoms with van der Waals surface area (Å²) in [6.45, 7) is 0.354. The number of allylic oxidation sites excluding steroid dienone is 1. The number of hydrogen-bond acceptors (Lipinski definition) is 4. The highest BCUT2D eigenvalue weighted by atomic mass is 16.2. The van der Waals surface area contributed by atoms with E-state index in [0.29, 0.717) is 13.0 Å². The van der Waals surface area contributed by atoms with Gasteiger partial charge in [-0.2, -0.15) is 0 Å². The van der Waals surface area contributed by atoms with Crippen LogP contribution in [0.25, 0.3) is 0 Å². The number of carbonyl (C=O) groups is 2. The van der Waals surface area contributed by atoms with E-state index in [0.717, 1.165) is 5.56 Å². The molecule has 0 aromatic heterocycles. The Balaban J connectivity index is 1.86. The highest BCUT2D eigenvalue weighted by molar-refractivity contribution is 6.07. The maximum Gasteiger partial charge on any atom is 0.254 e. The molecule has 0 spiro atoms. The molecule has 0 radical (unpaired) electrons. The topological polar surface area (TPSA) is 43.9 Å². The molecule has 0 bridgehead atoms. The SMILES string of the molecule is CN(C)N1C=CCC2C(=O)N(Cc3ccccc3)C(=O)C21. The van der Waals surface area contributed by atoms with Crippen molar-refractivity contribution in [2.45, 2.75) is 19.0 Å². The number of likely N-dealkylation sites (tertiary alicyclic amines) is 1. The first-order valence-corrected chi connectivity index (χ1v) is 7.11. The van der Waals surface area contributed by atoms with Crippen molar-refractivity contribution in [3.63, 3.8) is 0 Å². The summed E-state index contributed by atoms with van der Waals surface area (Å²) < 4.78 is 0. The van der Waals surface area contributed by atoms with Gasteiger partial charge in [-0.3, -0.25) is 14.5 Å². The quantitative estimate of drug-likeness (QED) is 0.784. The Morgan fingerprint density at radius 3 is 2.52 bits per heavy atom. The summed E-state index contributed by atoms with van der Waals surface area (Å²) in [6.07, 6.45) is 4.47. The van der Waals surface area contributed by atoms with Crippen LogP contribution < -0.4 is 0 Å². The van der Waals surface area contributed by atoms with Crippen LogP contribution in [0.15, 0.2) is 42.6 Å². The van der Waals surface area contributed by atoms with Gasteiger partial charge >= 0.3 is 0 Å². The van der Waals surface area contributed by atoms with Crippen LogP contribution in [0.3, 0.4) is 0 Å². The molecule has 0 saturated carbocycles. The Kier molecular flexibility index (Phi) is 3.51. The molecule has 110 valence electrons. The van der Waals surface area contributed by atoms with Crippen molar-refractivity contribution in [3.8, 4) is 0 Å². The van der Waals surface area contributed by atoms with Gasteiger partial charge in [0.05, 0.1) is 12.5 Å². The highest BCUT2D eigenvalue weighted by Gasteiger charge is 2.50. The lowest BCUT2D eigenvalue weighted by molar-refractivity contribution is -0.141. The lowest BCUT2D eigenvalue weighted by Crippen LogP contribution is -2.49. The van der Waals surface area contributed by atoms with Crippen LogP contribution in [0, 0.1) is 5.92 Å². The van der Waals surface area contributed by atoms with Crippen molar-refractivity contribution in [3.05, 3.63) is 48.2 Å². The van der Waals surface area contributed by atoms with Crippen LogP contribution in [0.2, 0.25) is 0 Å². The predicted molar refractivity (Wildman–Crippen MR) is 78.6 cm³/mol. The van der Waals surface area contributed by atoms with Gasteiger partial charge in [0, 0.05) is 20.3 Å². The summed E-state index contributed by atoms with van der Waals surface area (Å²) in [5.74, 6) is -0.439. The molecule has 2 atom stereocenters. The number of benzene rings is 1. The summed E-state index contributed by atoms with van der Waals surface area (Å²) in [6, 6.07) is 9.23. The number of amides is 2. The maximum atomic E-state index is 12.7. The molecule has 1 aromatic rings. The van der Waals surface area contributed by atoms with Gasteiger partial charge in [0.25, 0.3) is 5.91 Å². The fraction of sp³-hybridized carbons (Fsp3) is 0.375. The van der Waals surface area contributed by atoms with Crippen molar-refractivity contribution in [1.82, 2.24) is 14.9 Å². The number of carbonyl (C=O) groups excluding carboxylic acids is 2. The molecule has 1 aromatic carbocycles. The van der Waals surface area contributed by atoms with E-state index in [1.54, 1.807) is 0 Å². The molecular formula is C16H19N3O2. The third-order valence-corrected chi connectivity index (χ3v) is 4.06. The molecule has 2 amide bonds. The minimum atomic E-state index is -0.402. The summed E-state index contributed by atoms with van der Waals surface area (Å²) in [7, 11) is 3.76. The number of nitrogens with zero attached hydrogens (tertiary/aromatic N) is 3. The number of hydrogen-bond donors (Lipinski definition) is 0. The average Bonchev–Trinajstić information content (AvgIpc) is 2.73. The number of imide groups is 1. The zero-order valence-electron chi connectivity index (χ0n) is 12.3. The van der Waals surface area contributed by atoms with Crippen LogP contribution >= 0.6 is 0 Å². The Labute approximate surface area is 124 Å². The molecule has 3 rings (SSSR count). The second-order valence-electron chi connectivity index (χ2n) is 5.65. The zero-order valence-corrected chi connectivity index (χ0v) is 12.3. The fourth-order valence-electron chi connectivity index (χ4n) is 3.01. The first-order valence-electron chi connectivity index (χ1n) is 7.11. The van der Waals surface area contributed by atoms with Crippen molar-refractivity contribution in [1.29, 1.82) is 0 Å². The molecule has 2 aliphatic heterocycles. The largest absolute Gasteiger partial charge is 0.301 e. The highest BCUT2D eigenvalue weighted by Crippen LogP contribution is 2.32. The molecule has 2 unspecified atom stereocenters. The van der Waals surface area contributed by atoms with Crippen molar-refractivity contribution < 1.29 is 9.59 Å². The molecule has 5 nitrogen and oxygen atoms in total. The Hall–Kier alpha value is -2.14. The lowest BCUT2D eigenvalue weighted by atomic mass is 9.96. The molecule has 0 N–H and O–H groups in total. The number of hydrazine groups is 1. The molecule has 2 heterocycles. The minimum absolute atomic E-state index is 0.0648. The van der Waals surface area contributed by atoms with Gasteiger partial charge in [-0.15, -0.1) is 0 Å². The summed E-state index contributed by atoms with van der Waals surface area (Å²) in [4.78, 5) is 26.6. The van der Waals surface area contributed by atoms with E-state index in [9.17, 15) is 9.59 Å². The Morgan fingerprint density at radius 2 is 1.86 bits per heavy atom. The van der Waals surface area contributed by atoms with Gasteiger partial charge in [-0.05, 0) is 12.0 Å². The summed E-state index contributed by atoms with van der Waals surface area (Å²) >= 11 is 0. The normalized spacial score (nSPS) is 24.9. The van der Waals surface area contributed by atoms with E-state index in [4.69, 9.17) is 0 Å². The summed E-state index contributed by atoms with van der Waals surface area (Å²) in [5.41, 5.74) is 0.974. The van der Waals surface area contributed by atoms with Gasteiger partial charge in [0.2, 0.25) is 5.91 Å². The summed E-state index contributed by atoms with van der Waals surface area (Å²) in [5, 5.41) is 3.70. The van der Waals surface area contributed by atoms with E-state index in [1.165, 1.54) is 4.90 Å². The van der Waals surface area contributed by atoms with Gasteiger partial charge in [-0.25, -0.2) is 5.01 Å². The first-order chi connectivity index (χ1) is 10.1. The second kappa shape index (κ2) is 5.33. The van der Waals surface area contributed by atoms with Gasteiger partial charge in [-0.1, -0.05) is 36.4 Å². The molecular weight excluding hydrogens is 266 g/mol. The molecule has 0 aliphatic carbocycles. The minimum Gasteiger partial charge on any atom is -0.301 e. The van der Waals surface area contributed by atoms with Crippen LogP contribution in [-0.2, 0) is 16.1 Å². The average molecular weight is 285 g/mol. The van der Waals surface area contributed by atoms with Crippen LogP contribution in [0.4, 0.5) is 0 Å². The monoisotopic (exact) mass is 285 g/mol. The first kappa shape index (κ1) is 13.8. The van der Waals surface area contributed by atoms with E-state index in [2.05, 4.69) is 0 Å². The van der Waals surface area contributed by atoms with Crippen molar-refractivity contribution in [2.24, 2.45) is 5.92 Å². The number of fused-ring (bicyclic) bond motifs is 1. The van der Waals surface area contributed by atoms with Gasteiger partial charge < -0.3 is 5.01 Å². The standard InChI is InChI=1S/C16H19N3O2/c1-17(2)19-10-6-9-13-14(19)16(21)18(15(13)20)11-12-7-4-3-5-8-12/h3-8,10,13-14H,9,11H2,1-2H3. The molecule has 21 heavy (non-hydrogen) atoms. The van der Waals surface area contributed by atoms with Gasteiger partial charge in [0.1, 0.15) is 6.04 Å². The number of rotatable bonds is 3. The van der Waals surface area contributed by atoms with E-state index < -0.39 is 6.04 Å². The van der Waals surface area contributed by atoms with Crippen LogP contribution in [0.5, 0.6) is 0 Å². The molecule has 1 saturated heterocycles. The Morgan fingerprint density at radius 1 is 1.14 bits per heavy atom. The zero-order chi connectivity index (χ0) is 15.0. The van der Waals surface area contributed by atoms with E-state index in [1.807, 2.05) is 66.7 Å². The maximum absolute atomic E-state index is 12.7. The van der Waals surface area contributed by atoms with Gasteiger partial charge in [0.15, 0.2) is 0 Å². The Bertz CT molecular complexity index is 582. The lowest BCUT2D eigenvalue weighted by Gasteiger charge is -2.36. The fourth-order valence-corrected chi connectivity index (χ4v) is 3.01. The van der Waals surface area contributed by atoms with E-state index in [-0.39, 0.29) is 17.7 Å². The molecule has 5 heteroatoms. The predicted octanol–water partition coefficient (Wildman–Crippen LogP) is 1.24. The van der Waals surface area contributed by atoms with Crippen LogP contribution in [-0.4, -0.2) is 46.9 Å². The molecule has 1 fully saturated rings. The smallest absolute Gasteiger partial charge is 0.254 e. The van der Waals surface area contributed by atoms with Crippen LogP contribution in [0.1, 0.15) is 12.0 Å². The van der Waals surface area contributed by atoms with Crippen molar-refractivity contribution in [2.75, 3.05) is 14.1 Å². The van der Waals surface area contributed by atoms with E-state index >= 15 is 0 Å².